The van der Waals surface area contributed by atoms with Crippen molar-refractivity contribution in [2.24, 2.45) is 11.3 Å². The lowest BCUT2D eigenvalue weighted by Crippen LogP contribution is -2.60. The van der Waals surface area contributed by atoms with Crippen LogP contribution in [0.3, 0.4) is 0 Å². The second-order valence-corrected chi connectivity index (χ2v) is 10.9. The monoisotopic (exact) mass is 468 g/mol. The van der Waals surface area contributed by atoms with Crippen molar-refractivity contribution in [2.75, 3.05) is 20.2 Å². The van der Waals surface area contributed by atoms with E-state index in [9.17, 15) is 14.7 Å². The standard InChI is InChI=1S/C24H37ClN2O5/c1-15(2)19(26-21(29)32-22(3,4)5)20(28)27-12-11-24(30,23(6,7)14-27)16-9-10-17(25)18(13-16)31-8/h9-10,13,15,19,30H,11-12,14H2,1-8H3,(H,26,29)/t19-,24?/m1/s1. The second-order valence-electron chi connectivity index (χ2n) is 10.5. The van der Waals surface area contributed by atoms with E-state index >= 15 is 0 Å². The van der Waals surface area contributed by atoms with Gasteiger partial charge < -0.3 is 24.8 Å². The number of methoxy groups -OCH3 is 1. The maximum atomic E-state index is 13.4. The van der Waals surface area contributed by atoms with Crippen molar-refractivity contribution in [2.45, 2.75) is 72.1 Å². The molecule has 1 aliphatic heterocycles. The minimum atomic E-state index is -1.17. The summed E-state index contributed by atoms with van der Waals surface area (Å²) in [5, 5.41) is 14.9. The van der Waals surface area contributed by atoms with Crippen LogP contribution in [0.5, 0.6) is 5.75 Å². The van der Waals surface area contributed by atoms with Crippen molar-refractivity contribution < 1.29 is 24.2 Å². The van der Waals surface area contributed by atoms with Crippen LogP contribution in [0.4, 0.5) is 4.79 Å². The van der Waals surface area contributed by atoms with Crippen molar-refractivity contribution >= 4 is 23.6 Å². The summed E-state index contributed by atoms with van der Waals surface area (Å²) in [6.07, 6.45) is -0.279. The Hall–Kier alpha value is -1.99. The molecule has 0 saturated carbocycles. The van der Waals surface area contributed by atoms with Gasteiger partial charge in [-0.1, -0.05) is 45.4 Å². The van der Waals surface area contributed by atoms with Crippen LogP contribution in [-0.2, 0) is 15.1 Å². The number of carbonyl (C=O) groups excluding carboxylic acids is 2. The normalized spacial score (nSPS) is 21.8. The molecule has 2 atom stereocenters. The van der Waals surface area contributed by atoms with E-state index in [1.807, 2.05) is 27.7 Å². The number of carbonyl (C=O) groups is 2. The first-order chi connectivity index (χ1) is 14.6. The third kappa shape index (κ3) is 5.67. The van der Waals surface area contributed by atoms with E-state index in [1.165, 1.54) is 7.11 Å². The van der Waals surface area contributed by atoms with E-state index in [1.54, 1.807) is 43.9 Å². The molecule has 0 spiro atoms. The number of hydrogen-bond acceptors (Lipinski definition) is 5. The van der Waals surface area contributed by atoms with Crippen LogP contribution < -0.4 is 10.1 Å². The van der Waals surface area contributed by atoms with Gasteiger partial charge in [0.2, 0.25) is 5.91 Å². The van der Waals surface area contributed by atoms with Crippen LogP contribution in [-0.4, -0.2) is 53.8 Å². The predicted octanol–water partition coefficient (Wildman–Crippen LogP) is 4.34. The van der Waals surface area contributed by atoms with Gasteiger partial charge in [-0.05, 0) is 50.8 Å². The number of likely N-dealkylation sites (tertiary alicyclic amines) is 1. The van der Waals surface area contributed by atoms with E-state index in [-0.39, 0.29) is 11.8 Å². The average molecular weight is 469 g/mol. The van der Waals surface area contributed by atoms with Gasteiger partial charge in [-0.3, -0.25) is 4.79 Å². The van der Waals surface area contributed by atoms with Gasteiger partial charge in [0.05, 0.1) is 17.7 Å². The Morgan fingerprint density at radius 3 is 2.38 bits per heavy atom. The Labute approximate surface area is 196 Å². The molecule has 0 radical (unpaired) electrons. The second kappa shape index (κ2) is 9.48. The highest BCUT2D eigenvalue weighted by Gasteiger charge is 2.50. The highest BCUT2D eigenvalue weighted by molar-refractivity contribution is 6.32. The summed E-state index contributed by atoms with van der Waals surface area (Å²) < 4.78 is 10.7. The highest BCUT2D eigenvalue weighted by atomic mass is 35.5. The van der Waals surface area contributed by atoms with Crippen LogP contribution in [0.15, 0.2) is 18.2 Å². The van der Waals surface area contributed by atoms with E-state index in [0.29, 0.717) is 35.8 Å². The van der Waals surface area contributed by atoms with Crippen molar-refractivity contribution in [1.82, 2.24) is 10.2 Å². The number of piperidine rings is 1. The lowest BCUT2D eigenvalue weighted by molar-refractivity contribution is -0.155. The van der Waals surface area contributed by atoms with Gasteiger partial charge in [-0.25, -0.2) is 4.79 Å². The lowest BCUT2D eigenvalue weighted by atomic mass is 9.66. The quantitative estimate of drug-likeness (QED) is 0.670. The molecule has 1 heterocycles. The zero-order chi connectivity index (χ0) is 24.5. The summed E-state index contributed by atoms with van der Waals surface area (Å²) in [5.41, 5.74) is -1.79. The molecule has 1 aromatic rings. The van der Waals surface area contributed by atoms with Gasteiger partial charge in [0, 0.05) is 18.5 Å². The zero-order valence-electron chi connectivity index (χ0n) is 20.4. The van der Waals surface area contributed by atoms with Crippen molar-refractivity contribution in [3.05, 3.63) is 28.8 Å². The topological polar surface area (TPSA) is 88.1 Å². The number of hydrogen-bond donors (Lipinski definition) is 2. The minimum Gasteiger partial charge on any atom is -0.495 e. The Bertz CT molecular complexity index is 849. The van der Waals surface area contributed by atoms with E-state index in [4.69, 9.17) is 21.1 Å². The number of alkyl carbamates (subject to hydrolysis) is 1. The number of nitrogens with one attached hydrogen (secondary N) is 1. The van der Waals surface area contributed by atoms with Crippen LogP contribution in [0.25, 0.3) is 0 Å². The number of halogens is 1. The minimum absolute atomic E-state index is 0.125. The summed E-state index contributed by atoms with van der Waals surface area (Å²) in [7, 11) is 1.53. The maximum absolute atomic E-state index is 13.4. The van der Waals surface area contributed by atoms with Gasteiger partial charge in [0.1, 0.15) is 17.4 Å². The summed E-state index contributed by atoms with van der Waals surface area (Å²) in [5.74, 6) is 0.183. The average Bonchev–Trinajstić information content (AvgIpc) is 2.66. The predicted molar refractivity (Wildman–Crippen MR) is 125 cm³/mol. The lowest BCUT2D eigenvalue weighted by Gasteiger charge is -2.51. The Morgan fingerprint density at radius 2 is 1.88 bits per heavy atom. The molecule has 1 aromatic carbocycles. The molecule has 0 aromatic heterocycles. The first-order valence-corrected chi connectivity index (χ1v) is 11.3. The van der Waals surface area contributed by atoms with Crippen LogP contribution in [0, 0.1) is 11.3 Å². The van der Waals surface area contributed by atoms with E-state index < -0.39 is 28.8 Å². The SMILES string of the molecule is COc1cc(C2(O)CCN(C(=O)[C@H](NC(=O)OC(C)(C)C)C(C)C)CC2(C)C)ccc1Cl. The fourth-order valence-electron chi connectivity index (χ4n) is 4.11. The molecule has 1 fully saturated rings. The Kier molecular flexibility index (Phi) is 7.78. The first-order valence-electron chi connectivity index (χ1n) is 11.0. The van der Waals surface area contributed by atoms with Gasteiger partial charge in [-0.15, -0.1) is 0 Å². The van der Waals surface area contributed by atoms with Crippen molar-refractivity contribution in [1.29, 1.82) is 0 Å². The Balaban J connectivity index is 2.22. The number of amides is 2. The van der Waals surface area contributed by atoms with Gasteiger partial charge in [0.15, 0.2) is 0 Å². The van der Waals surface area contributed by atoms with E-state index in [0.717, 1.165) is 0 Å². The van der Waals surface area contributed by atoms with E-state index in [2.05, 4.69) is 5.32 Å². The number of nitrogens with zero attached hydrogens (tertiary/aromatic N) is 1. The molecule has 8 heteroatoms. The molecule has 7 nitrogen and oxygen atoms in total. The van der Waals surface area contributed by atoms with Crippen LogP contribution in [0.1, 0.15) is 60.5 Å². The highest BCUT2D eigenvalue weighted by Crippen LogP contribution is 2.47. The molecule has 2 rings (SSSR count). The zero-order valence-corrected chi connectivity index (χ0v) is 21.2. The number of aliphatic hydroxyl groups is 1. The molecule has 1 unspecified atom stereocenters. The molecule has 2 N–H and O–H groups in total. The van der Waals surface area contributed by atoms with Crippen molar-refractivity contribution in [3.63, 3.8) is 0 Å². The third-order valence-corrected chi connectivity index (χ3v) is 6.31. The van der Waals surface area contributed by atoms with Gasteiger partial charge in [-0.2, -0.15) is 0 Å². The molecule has 2 amide bonds. The summed E-state index contributed by atoms with van der Waals surface area (Å²) in [4.78, 5) is 27.4. The smallest absolute Gasteiger partial charge is 0.408 e. The largest absolute Gasteiger partial charge is 0.495 e. The van der Waals surface area contributed by atoms with Gasteiger partial charge in [0.25, 0.3) is 0 Å². The fraction of sp³-hybridized carbons (Fsp3) is 0.667. The Morgan fingerprint density at radius 1 is 1.25 bits per heavy atom. The molecular weight excluding hydrogens is 432 g/mol. The molecule has 1 saturated heterocycles. The molecular formula is C24H37ClN2O5. The maximum Gasteiger partial charge on any atom is 0.408 e. The summed E-state index contributed by atoms with van der Waals surface area (Å²) in [6.45, 7) is 13.6. The third-order valence-electron chi connectivity index (χ3n) is 5.99. The molecule has 32 heavy (non-hydrogen) atoms. The van der Waals surface area contributed by atoms with Crippen LogP contribution >= 0.6 is 11.6 Å². The molecule has 1 aliphatic rings. The summed E-state index contributed by atoms with van der Waals surface area (Å²) >= 11 is 6.16. The number of ether oxygens (including phenoxy) is 2. The molecule has 180 valence electrons. The molecule has 0 bridgehead atoms. The molecule has 0 aliphatic carbocycles. The van der Waals surface area contributed by atoms with Crippen molar-refractivity contribution in [3.8, 4) is 5.75 Å². The summed E-state index contributed by atoms with van der Waals surface area (Å²) in [6, 6.07) is 4.54. The van der Waals surface area contributed by atoms with Crippen LogP contribution in [0.2, 0.25) is 5.02 Å². The fourth-order valence-corrected chi connectivity index (χ4v) is 4.30. The first kappa shape index (κ1) is 26.3. The number of benzene rings is 1. The van der Waals surface area contributed by atoms with Gasteiger partial charge >= 0.3 is 6.09 Å². The number of rotatable bonds is 5.